The van der Waals surface area contributed by atoms with E-state index in [1.54, 1.807) is 0 Å². The van der Waals surface area contributed by atoms with E-state index in [2.05, 4.69) is 6.07 Å². The first-order chi connectivity index (χ1) is 5.85. The molecule has 0 aromatic heterocycles. The van der Waals surface area contributed by atoms with Crippen LogP contribution < -0.4 is 0 Å². The molecule has 0 aromatic carbocycles. The predicted octanol–water partition coefficient (Wildman–Crippen LogP) is 3.26. The van der Waals surface area contributed by atoms with E-state index in [0.29, 0.717) is 0 Å². The second kappa shape index (κ2) is 3.09. The summed E-state index contributed by atoms with van der Waals surface area (Å²) in [6, 6.07) is 2.54. The summed E-state index contributed by atoms with van der Waals surface area (Å²) in [5.41, 5.74) is 0.134. The second-order valence-corrected chi connectivity index (χ2v) is 4.60. The van der Waals surface area contributed by atoms with E-state index in [9.17, 15) is 0 Å². The zero-order valence-electron chi connectivity index (χ0n) is 7.68. The van der Waals surface area contributed by atoms with Crippen molar-refractivity contribution in [3.8, 4) is 6.07 Å². The molecule has 0 amide bonds. The molecule has 2 rings (SSSR count). The summed E-state index contributed by atoms with van der Waals surface area (Å²) in [4.78, 5) is 0. The number of hydrogen-bond acceptors (Lipinski definition) is 1. The molecule has 0 radical (unpaired) electrons. The minimum absolute atomic E-state index is 0.134. The van der Waals surface area contributed by atoms with Crippen molar-refractivity contribution in [1.29, 1.82) is 5.26 Å². The smallest absolute Gasteiger partial charge is 0.0689 e. The van der Waals surface area contributed by atoms with Gasteiger partial charge in [0.25, 0.3) is 0 Å². The summed E-state index contributed by atoms with van der Waals surface area (Å²) in [5, 5.41) is 9.05. The number of rotatable bonds is 2. The van der Waals surface area contributed by atoms with Crippen molar-refractivity contribution < 1.29 is 0 Å². The van der Waals surface area contributed by atoms with Gasteiger partial charge in [-0.05, 0) is 25.2 Å². The Balaban J connectivity index is 1.88. The van der Waals surface area contributed by atoms with Crippen molar-refractivity contribution in [1.82, 2.24) is 0 Å². The first kappa shape index (κ1) is 8.10. The van der Waals surface area contributed by atoms with Gasteiger partial charge in [-0.25, -0.2) is 0 Å². The molecule has 0 spiro atoms. The van der Waals surface area contributed by atoms with Gasteiger partial charge in [0, 0.05) is 0 Å². The summed E-state index contributed by atoms with van der Waals surface area (Å²) in [6.07, 6.45) is 10.5. The third-order valence-corrected chi connectivity index (χ3v) is 3.70. The number of nitrogens with zero attached hydrogens (tertiary/aromatic N) is 1. The lowest BCUT2D eigenvalue weighted by Gasteiger charge is -2.37. The van der Waals surface area contributed by atoms with Crippen LogP contribution in [0, 0.1) is 22.7 Å². The van der Waals surface area contributed by atoms with E-state index in [4.69, 9.17) is 5.26 Å². The van der Waals surface area contributed by atoms with Gasteiger partial charge in [0.2, 0.25) is 0 Å². The van der Waals surface area contributed by atoms with Gasteiger partial charge >= 0.3 is 0 Å². The molecule has 2 fully saturated rings. The maximum absolute atomic E-state index is 9.05. The quantitative estimate of drug-likeness (QED) is 0.613. The minimum atomic E-state index is 0.134. The van der Waals surface area contributed by atoms with E-state index in [1.807, 2.05) is 0 Å². The molecule has 1 heteroatoms. The molecule has 0 saturated heterocycles. The molecular formula is C11H17N. The minimum Gasteiger partial charge on any atom is -0.198 e. The third kappa shape index (κ3) is 1.35. The van der Waals surface area contributed by atoms with Crippen molar-refractivity contribution >= 4 is 0 Å². The Bertz CT molecular complexity index is 192. The third-order valence-electron chi connectivity index (χ3n) is 3.70. The Hall–Kier alpha value is -0.510. The van der Waals surface area contributed by atoms with Gasteiger partial charge in [0.05, 0.1) is 11.5 Å². The van der Waals surface area contributed by atoms with Crippen molar-refractivity contribution in [3.05, 3.63) is 0 Å². The lowest BCUT2D eigenvalue weighted by molar-refractivity contribution is 0.164. The van der Waals surface area contributed by atoms with Crippen LogP contribution in [0.3, 0.4) is 0 Å². The van der Waals surface area contributed by atoms with Gasteiger partial charge in [0.1, 0.15) is 0 Å². The van der Waals surface area contributed by atoms with Crippen molar-refractivity contribution in [2.24, 2.45) is 11.3 Å². The fourth-order valence-electron chi connectivity index (χ4n) is 2.73. The van der Waals surface area contributed by atoms with Crippen LogP contribution >= 0.6 is 0 Å². The molecule has 12 heavy (non-hydrogen) atoms. The standard InChI is InChI=1S/C11H17N/c12-9-11(6-3-7-11)8-10-4-1-2-5-10/h10H,1-8H2. The van der Waals surface area contributed by atoms with Gasteiger partial charge < -0.3 is 0 Å². The van der Waals surface area contributed by atoms with Crippen molar-refractivity contribution in [3.63, 3.8) is 0 Å². The number of nitriles is 1. The molecule has 66 valence electrons. The molecular weight excluding hydrogens is 146 g/mol. The molecule has 2 saturated carbocycles. The Morgan fingerprint density at radius 2 is 1.83 bits per heavy atom. The zero-order chi connectivity index (χ0) is 8.44. The zero-order valence-corrected chi connectivity index (χ0v) is 7.68. The van der Waals surface area contributed by atoms with E-state index in [-0.39, 0.29) is 5.41 Å². The van der Waals surface area contributed by atoms with Gasteiger partial charge in [-0.3, -0.25) is 0 Å². The molecule has 0 bridgehead atoms. The Kier molecular flexibility index (Phi) is 2.09. The summed E-state index contributed by atoms with van der Waals surface area (Å²) in [5.74, 6) is 0.893. The first-order valence-corrected chi connectivity index (χ1v) is 5.26. The van der Waals surface area contributed by atoms with Gasteiger partial charge in [0.15, 0.2) is 0 Å². The molecule has 2 aliphatic carbocycles. The summed E-state index contributed by atoms with van der Waals surface area (Å²) in [7, 11) is 0. The van der Waals surface area contributed by atoms with Crippen LogP contribution in [-0.4, -0.2) is 0 Å². The SMILES string of the molecule is N#CC1(CC2CCCC2)CCC1. The van der Waals surface area contributed by atoms with Crippen LogP contribution in [-0.2, 0) is 0 Å². The van der Waals surface area contributed by atoms with Crippen LogP contribution in [0.1, 0.15) is 51.4 Å². The molecule has 1 nitrogen and oxygen atoms in total. The summed E-state index contributed by atoms with van der Waals surface area (Å²) >= 11 is 0. The van der Waals surface area contributed by atoms with Gasteiger partial charge in [-0.1, -0.05) is 32.1 Å². The maximum Gasteiger partial charge on any atom is 0.0689 e. The summed E-state index contributed by atoms with van der Waals surface area (Å²) in [6.45, 7) is 0. The molecule has 0 heterocycles. The van der Waals surface area contributed by atoms with E-state index in [0.717, 1.165) is 5.92 Å². The Labute approximate surface area is 74.8 Å². The topological polar surface area (TPSA) is 23.8 Å². The van der Waals surface area contributed by atoms with Crippen LogP contribution in [0.2, 0.25) is 0 Å². The average Bonchev–Trinajstić information content (AvgIpc) is 2.49. The molecule has 2 aliphatic rings. The van der Waals surface area contributed by atoms with Crippen LogP contribution in [0.5, 0.6) is 0 Å². The van der Waals surface area contributed by atoms with E-state index in [1.165, 1.54) is 51.4 Å². The predicted molar refractivity (Wildman–Crippen MR) is 48.5 cm³/mol. The Morgan fingerprint density at radius 3 is 2.25 bits per heavy atom. The monoisotopic (exact) mass is 163 g/mol. The largest absolute Gasteiger partial charge is 0.198 e. The van der Waals surface area contributed by atoms with Crippen LogP contribution in [0.4, 0.5) is 0 Å². The Morgan fingerprint density at radius 1 is 1.17 bits per heavy atom. The highest BCUT2D eigenvalue weighted by Crippen LogP contribution is 2.47. The lowest BCUT2D eigenvalue weighted by atomic mass is 9.65. The van der Waals surface area contributed by atoms with Gasteiger partial charge in [-0.2, -0.15) is 5.26 Å². The first-order valence-electron chi connectivity index (χ1n) is 5.26. The number of hydrogen-bond donors (Lipinski definition) is 0. The van der Waals surface area contributed by atoms with E-state index < -0.39 is 0 Å². The van der Waals surface area contributed by atoms with Crippen LogP contribution in [0.15, 0.2) is 0 Å². The van der Waals surface area contributed by atoms with Gasteiger partial charge in [-0.15, -0.1) is 0 Å². The molecule has 0 unspecified atom stereocenters. The van der Waals surface area contributed by atoms with Crippen molar-refractivity contribution in [2.75, 3.05) is 0 Å². The highest BCUT2D eigenvalue weighted by Gasteiger charge is 2.39. The highest BCUT2D eigenvalue weighted by molar-refractivity contribution is 5.05. The average molecular weight is 163 g/mol. The normalized spacial score (nSPS) is 27.9. The molecule has 0 aliphatic heterocycles. The molecule has 0 atom stereocenters. The fourth-order valence-corrected chi connectivity index (χ4v) is 2.73. The second-order valence-electron chi connectivity index (χ2n) is 4.60. The maximum atomic E-state index is 9.05. The highest BCUT2D eigenvalue weighted by atomic mass is 14.5. The van der Waals surface area contributed by atoms with Crippen molar-refractivity contribution in [2.45, 2.75) is 51.4 Å². The summed E-state index contributed by atoms with van der Waals surface area (Å²) < 4.78 is 0. The molecule has 0 aromatic rings. The van der Waals surface area contributed by atoms with Crippen LogP contribution in [0.25, 0.3) is 0 Å². The fraction of sp³-hybridized carbons (Fsp3) is 0.909. The van der Waals surface area contributed by atoms with E-state index >= 15 is 0 Å². The molecule has 0 N–H and O–H groups in total. The lowest BCUT2D eigenvalue weighted by Crippen LogP contribution is -2.29.